The van der Waals surface area contributed by atoms with Gasteiger partial charge in [0.2, 0.25) is 0 Å². The number of hydrogen-bond donors (Lipinski definition) is 4. The van der Waals surface area contributed by atoms with E-state index < -0.39 is 6.23 Å². The summed E-state index contributed by atoms with van der Waals surface area (Å²) < 4.78 is 13.9. The molecule has 6 aromatic rings. The average Bonchev–Trinajstić information content (AvgIpc) is 3.52. The molecule has 38 heavy (non-hydrogen) atoms. The number of nitrogens with one attached hydrogen (secondary N) is 3. The number of anilines is 1. The predicted octanol–water partition coefficient (Wildman–Crippen LogP) is 6.15. The van der Waals surface area contributed by atoms with Gasteiger partial charge in [-0.3, -0.25) is 15.1 Å². The first kappa shape index (κ1) is 23.7. The lowest BCUT2D eigenvalue weighted by Gasteiger charge is -2.16. The number of halogens is 1. The Morgan fingerprint density at radius 1 is 0.921 bits per heavy atom. The minimum absolute atomic E-state index is 0.315. The van der Waals surface area contributed by atoms with Gasteiger partial charge in [0.15, 0.2) is 5.82 Å². The Morgan fingerprint density at radius 3 is 2.63 bits per heavy atom. The quantitative estimate of drug-likeness (QED) is 0.193. The van der Waals surface area contributed by atoms with E-state index in [2.05, 4.69) is 44.3 Å². The number of aromatic amines is 2. The molecule has 0 amide bonds. The van der Waals surface area contributed by atoms with Gasteiger partial charge in [0, 0.05) is 28.9 Å². The second-order valence-corrected chi connectivity index (χ2v) is 9.76. The summed E-state index contributed by atoms with van der Waals surface area (Å²) in [7, 11) is 0. The first-order valence-electron chi connectivity index (χ1n) is 12.4. The fourth-order valence-corrected chi connectivity index (χ4v) is 4.66. The molecule has 4 N–H and O–H groups in total. The van der Waals surface area contributed by atoms with Crippen molar-refractivity contribution in [2.45, 2.75) is 26.5 Å². The minimum atomic E-state index is -0.644. The summed E-state index contributed by atoms with van der Waals surface area (Å²) in [6.45, 7) is 4.14. The van der Waals surface area contributed by atoms with Gasteiger partial charge in [0.25, 0.3) is 0 Å². The second kappa shape index (κ2) is 9.68. The molecule has 0 aliphatic heterocycles. The molecule has 2 aromatic carbocycles. The highest BCUT2D eigenvalue weighted by atomic mass is 19.1. The number of nitrogens with zero attached hydrogens (tertiary/aromatic N) is 4. The highest BCUT2D eigenvalue weighted by Crippen LogP contribution is 2.33. The van der Waals surface area contributed by atoms with Crippen LogP contribution in [0, 0.1) is 11.7 Å². The Balaban J connectivity index is 1.38. The molecular formula is C29H26FN7O. The Labute approximate surface area is 218 Å². The molecule has 0 aliphatic carbocycles. The molecule has 0 spiro atoms. The van der Waals surface area contributed by atoms with Crippen molar-refractivity contribution >= 4 is 27.6 Å². The normalized spacial score (nSPS) is 12.4. The monoisotopic (exact) mass is 507 g/mol. The summed E-state index contributed by atoms with van der Waals surface area (Å²) in [4.78, 5) is 16.8. The van der Waals surface area contributed by atoms with Crippen LogP contribution in [0.5, 0.6) is 0 Å². The lowest BCUT2D eigenvalue weighted by atomic mass is 10.0. The molecular weight excluding hydrogens is 481 g/mol. The number of fused-ring (bicyclic) bond motifs is 2. The molecule has 0 bridgehead atoms. The standard InChI is InChI=1S/C29H26FN7O/c1-16(2)8-26(38)33-21-10-19(12-31-13-21)17-6-7-24-22(11-17)28(37-36-24)29-34-25-15-32-14-23(27(25)35-29)18-4-3-5-20(30)9-18/h3-7,9-16,26,33,38H,8H2,1-2H3,(H,34,35)(H,36,37). The Bertz CT molecular complexity index is 1760. The third-order valence-electron chi connectivity index (χ3n) is 6.42. The fraction of sp³-hybridized carbons (Fsp3) is 0.172. The summed E-state index contributed by atoms with van der Waals surface area (Å²) in [5, 5.41) is 21.9. The maximum Gasteiger partial charge on any atom is 0.159 e. The molecule has 0 fully saturated rings. The van der Waals surface area contributed by atoms with E-state index in [1.165, 1.54) is 12.1 Å². The topological polar surface area (TPSA) is 115 Å². The number of hydrogen-bond acceptors (Lipinski definition) is 6. The van der Waals surface area contributed by atoms with Crippen molar-refractivity contribution in [3.05, 3.63) is 79.1 Å². The van der Waals surface area contributed by atoms with Gasteiger partial charge in [-0.1, -0.05) is 32.0 Å². The zero-order valence-electron chi connectivity index (χ0n) is 20.9. The third kappa shape index (κ3) is 4.59. The van der Waals surface area contributed by atoms with Crippen LogP contribution in [0.2, 0.25) is 0 Å². The lowest BCUT2D eigenvalue weighted by molar-refractivity contribution is 0.176. The van der Waals surface area contributed by atoms with Gasteiger partial charge in [0.1, 0.15) is 17.7 Å². The Hall–Kier alpha value is -4.63. The van der Waals surface area contributed by atoms with Gasteiger partial charge < -0.3 is 15.4 Å². The number of rotatable bonds is 7. The molecule has 0 saturated carbocycles. The first-order valence-corrected chi connectivity index (χ1v) is 12.4. The van der Waals surface area contributed by atoms with Crippen molar-refractivity contribution in [2.24, 2.45) is 5.92 Å². The van der Waals surface area contributed by atoms with Crippen LogP contribution >= 0.6 is 0 Å². The van der Waals surface area contributed by atoms with E-state index in [1.807, 2.05) is 30.3 Å². The average molecular weight is 508 g/mol. The molecule has 0 saturated heterocycles. The summed E-state index contributed by atoms with van der Waals surface area (Å²) >= 11 is 0. The van der Waals surface area contributed by atoms with Crippen molar-refractivity contribution in [2.75, 3.05) is 5.32 Å². The van der Waals surface area contributed by atoms with Gasteiger partial charge in [-0.05, 0) is 53.8 Å². The van der Waals surface area contributed by atoms with Gasteiger partial charge >= 0.3 is 0 Å². The van der Waals surface area contributed by atoms with E-state index in [0.29, 0.717) is 34.9 Å². The molecule has 190 valence electrons. The summed E-state index contributed by atoms with van der Waals surface area (Å²) in [5.74, 6) is 0.637. The van der Waals surface area contributed by atoms with Gasteiger partial charge in [-0.2, -0.15) is 5.10 Å². The van der Waals surface area contributed by atoms with Crippen LogP contribution in [0.25, 0.3) is 55.7 Å². The molecule has 9 heteroatoms. The summed E-state index contributed by atoms with van der Waals surface area (Å²) in [5.41, 5.74) is 7.00. The van der Waals surface area contributed by atoms with Crippen molar-refractivity contribution < 1.29 is 9.50 Å². The van der Waals surface area contributed by atoms with Crippen LogP contribution in [0.4, 0.5) is 10.1 Å². The lowest BCUT2D eigenvalue weighted by Crippen LogP contribution is -2.20. The van der Waals surface area contributed by atoms with E-state index in [-0.39, 0.29) is 5.82 Å². The van der Waals surface area contributed by atoms with E-state index in [0.717, 1.165) is 38.8 Å². The number of imidazole rings is 1. The summed E-state index contributed by atoms with van der Waals surface area (Å²) in [6, 6.07) is 14.4. The molecule has 1 unspecified atom stereocenters. The maximum absolute atomic E-state index is 13.9. The van der Waals surface area contributed by atoms with Crippen molar-refractivity contribution in [3.63, 3.8) is 0 Å². The molecule has 6 rings (SSSR count). The number of benzene rings is 2. The van der Waals surface area contributed by atoms with E-state index >= 15 is 0 Å². The minimum Gasteiger partial charge on any atom is -0.374 e. The molecule has 0 aliphatic rings. The maximum atomic E-state index is 13.9. The number of aliphatic hydroxyl groups excluding tert-OH is 1. The van der Waals surface area contributed by atoms with E-state index in [9.17, 15) is 9.50 Å². The van der Waals surface area contributed by atoms with Gasteiger partial charge in [-0.25, -0.2) is 9.37 Å². The van der Waals surface area contributed by atoms with Crippen molar-refractivity contribution in [1.82, 2.24) is 30.1 Å². The number of aliphatic hydroxyl groups is 1. The van der Waals surface area contributed by atoms with Crippen LogP contribution < -0.4 is 5.32 Å². The number of aromatic nitrogens is 6. The number of pyridine rings is 2. The SMILES string of the molecule is CC(C)CC(O)Nc1cncc(-c2ccc3[nH]nc(-c4nc5c(-c6cccc(F)c6)cncc5[nH]4)c3c2)c1. The van der Waals surface area contributed by atoms with Crippen LogP contribution in [-0.4, -0.2) is 41.5 Å². The molecule has 4 aromatic heterocycles. The van der Waals surface area contributed by atoms with Gasteiger partial charge in [0.05, 0.1) is 34.6 Å². The largest absolute Gasteiger partial charge is 0.374 e. The second-order valence-electron chi connectivity index (χ2n) is 9.76. The van der Waals surface area contributed by atoms with E-state index in [4.69, 9.17) is 4.98 Å². The summed E-state index contributed by atoms with van der Waals surface area (Å²) in [6.07, 6.45) is 6.88. The first-order chi connectivity index (χ1) is 18.4. The zero-order valence-corrected chi connectivity index (χ0v) is 20.9. The Kier molecular flexibility index (Phi) is 6.05. The molecule has 8 nitrogen and oxygen atoms in total. The molecule has 0 radical (unpaired) electrons. The van der Waals surface area contributed by atoms with Crippen LogP contribution in [-0.2, 0) is 0 Å². The zero-order chi connectivity index (χ0) is 26.2. The Morgan fingerprint density at radius 2 is 1.79 bits per heavy atom. The van der Waals surface area contributed by atoms with E-state index in [1.54, 1.807) is 30.9 Å². The van der Waals surface area contributed by atoms with Crippen molar-refractivity contribution in [1.29, 1.82) is 0 Å². The van der Waals surface area contributed by atoms with Crippen LogP contribution in [0.15, 0.2) is 73.3 Å². The highest BCUT2D eigenvalue weighted by Gasteiger charge is 2.17. The third-order valence-corrected chi connectivity index (χ3v) is 6.42. The van der Waals surface area contributed by atoms with Crippen molar-refractivity contribution in [3.8, 4) is 33.8 Å². The van der Waals surface area contributed by atoms with Gasteiger partial charge in [-0.15, -0.1) is 0 Å². The molecule has 1 atom stereocenters. The van der Waals surface area contributed by atoms with Crippen LogP contribution in [0.3, 0.4) is 0 Å². The fourth-order valence-electron chi connectivity index (χ4n) is 4.66. The van der Waals surface area contributed by atoms with Crippen LogP contribution in [0.1, 0.15) is 20.3 Å². The highest BCUT2D eigenvalue weighted by molar-refractivity contribution is 5.98. The molecule has 4 heterocycles. The smallest absolute Gasteiger partial charge is 0.159 e. The predicted molar refractivity (Wildman–Crippen MR) is 147 cm³/mol. The number of H-pyrrole nitrogens is 2.